The maximum Gasteiger partial charge on any atom is 1.00 e. The zero-order chi connectivity index (χ0) is 4.28. The van der Waals surface area contributed by atoms with Crippen molar-refractivity contribution in [1.29, 1.82) is 0 Å². The van der Waals surface area contributed by atoms with Crippen molar-refractivity contribution in [2.24, 2.45) is 0 Å². The van der Waals surface area contributed by atoms with Crippen LogP contribution in [0.15, 0.2) is 0 Å². The van der Waals surface area contributed by atoms with Gasteiger partial charge in [-0.3, -0.25) is 0 Å². The Kier molecular flexibility index (Phi) is 22.9. The van der Waals surface area contributed by atoms with E-state index in [4.69, 9.17) is 15.3 Å². The van der Waals surface area contributed by atoms with Crippen molar-refractivity contribution in [1.82, 2.24) is 5.59 Å². The monoisotopic (exact) mass is 123 g/mol. The van der Waals surface area contributed by atoms with Gasteiger partial charge in [-0.2, -0.15) is 5.59 Å². The third kappa shape index (κ3) is 19.1. The molecular weight excluding hydrogens is 122 g/mol. The summed E-state index contributed by atoms with van der Waals surface area (Å²) in [6, 6.07) is 0. The molecule has 5 nitrogen and oxygen atoms in total. The fourth-order valence-corrected chi connectivity index (χ4v) is 0. The summed E-state index contributed by atoms with van der Waals surface area (Å²) >= 11 is 0. The van der Waals surface area contributed by atoms with E-state index in [2.05, 4.69) is 0 Å². The molecule has 0 aliphatic heterocycles. The van der Waals surface area contributed by atoms with Crippen LogP contribution in [0.4, 0.5) is 0 Å². The largest absolute Gasteiger partial charge is 1.00 e. The van der Waals surface area contributed by atoms with E-state index < -0.39 is 5.03 Å². The van der Waals surface area contributed by atoms with Gasteiger partial charge in [0.25, 0.3) is 0 Å². The Labute approximate surface area is 84.1 Å². The second-order valence-electron chi connectivity index (χ2n) is 0.348. The fourth-order valence-electron chi connectivity index (χ4n) is 0. The van der Waals surface area contributed by atoms with Crippen LogP contribution < -0.4 is 64.7 Å². The van der Waals surface area contributed by atoms with E-state index >= 15 is 0 Å². The second kappa shape index (κ2) is 10.2. The van der Waals surface area contributed by atoms with E-state index in [0.717, 1.165) is 0 Å². The van der Waals surface area contributed by atoms with Gasteiger partial charge in [0.15, 0.2) is 0 Å². The van der Waals surface area contributed by atoms with E-state index in [-0.39, 0.29) is 59.1 Å². The minimum Gasteiger partial charge on any atom is -0.706 e. The van der Waals surface area contributed by atoms with E-state index in [1.807, 2.05) is 0 Å². The van der Waals surface area contributed by atoms with Crippen molar-refractivity contribution in [2.45, 2.75) is 0 Å². The first-order valence-electron chi connectivity index (χ1n) is 0.793. The fraction of sp³-hybridized carbons (Fsp3) is 0. The summed E-state index contributed by atoms with van der Waals surface area (Å²) in [4.78, 5) is 8.75. The van der Waals surface area contributed by atoms with Crippen LogP contribution in [0.2, 0.25) is 0 Å². The summed E-state index contributed by atoms with van der Waals surface area (Å²) in [6.07, 6.45) is 0. The van der Waals surface area contributed by atoms with E-state index in [9.17, 15) is 0 Å². The zero-order valence-electron chi connectivity index (χ0n) is 4.17. The summed E-state index contributed by atoms with van der Waals surface area (Å²) in [5.41, 5.74) is 0.500. The number of hydrogen-bond donors (Lipinski definition) is 1. The van der Waals surface area contributed by atoms with Gasteiger partial charge in [-0.05, 0) is 0 Å². The number of hydrogen-bond acceptors (Lipinski definition) is 3. The van der Waals surface area contributed by atoms with Gasteiger partial charge in [0.2, 0.25) is 0 Å². The standard InChI is InChI=1S/HN2O3.2Na/c3-1-2(4)5;;/h1H;;/q-1;2*+1. The van der Waals surface area contributed by atoms with E-state index in [1.165, 1.54) is 0 Å². The SMILES string of the molecule is O=[N+]([O-])N[O-].[Na+].[Na+]. The molecule has 0 saturated heterocycles. The number of nitro groups is 1. The topological polar surface area (TPSA) is 78.2 Å². The number of hydrazine groups is 1. The van der Waals surface area contributed by atoms with Gasteiger partial charge in [-0.25, -0.2) is 10.1 Å². The molecule has 0 heterocycles. The average molecular weight is 123 g/mol. The Morgan fingerprint density at radius 2 is 1.57 bits per heavy atom. The van der Waals surface area contributed by atoms with Crippen molar-refractivity contribution in [2.75, 3.05) is 0 Å². The van der Waals surface area contributed by atoms with Gasteiger partial charge in [0.05, 0.1) is 0 Å². The maximum atomic E-state index is 8.75. The van der Waals surface area contributed by atoms with Crippen LogP contribution in [0.1, 0.15) is 0 Å². The normalized spacial score (nSPS) is 4.71. The van der Waals surface area contributed by atoms with Crippen molar-refractivity contribution in [3.8, 4) is 0 Å². The van der Waals surface area contributed by atoms with Gasteiger partial charge in [-0.15, -0.1) is 0 Å². The van der Waals surface area contributed by atoms with Crippen LogP contribution in [0.3, 0.4) is 0 Å². The Bertz CT molecular complexity index is 46.2. The third-order valence-corrected chi connectivity index (χ3v) is 0.0745. The Morgan fingerprint density at radius 1 is 1.43 bits per heavy atom. The molecule has 30 valence electrons. The predicted octanol–water partition coefficient (Wildman–Crippen LogP) is -6.73. The molecule has 0 saturated carbocycles. The second-order valence-corrected chi connectivity index (χ2v) is 0.348. The van der Waals surface area contributed by atoms with Gasteiger partial charge >= 0.3 is 59.1 Å². The Morgan fingerprint density at radius 3 is 1.57 bits per heavy atom. The maximum absolute atomic E-state index is 8.75. The van der Waals surface area contributed by atoms with Crippen molar-refractivity contribution in [3.63, 3.8) is 0 Å². The molecule has 7 heteroatoms. The molecule has 0 fully saturated rings. The van der Waals surface area contributed by atoms with Crippen LogP contribution in [-0.2, 0) is 0 Å². The summed E-state index contributed by atoms with van der Waals surface area (Å²) in [5.74, 6) is 0. The van der Waals surface area contributed by atoms with Crippen molar-refractivity contribution in [3.05, 3.63) is 15.3 Å². The summed E-state index contributed by atoms with van der Waals surface area (Å²) in [7, 11) is 0. The summed E-state index contributed by atoms with van der Waals surface area (Å²) in [5, 5.41) is 16.2. The molecule has 0 spiro atoms. The van der Waals surface area contributed by atoms with E-state index in [1.54, 1.807) is 0 Å². The van der Waals surface area contributed by atoms with Crippen molar-refractivity contribution < 1.29 is 64.1 Å². The zero-order valence-corrected chi connectivity index (χ0v) is 8.17. The molecule has 0 aliphatic carbocycles. The smallest absolute Gasteiger partial charge is 0.706 e. The minimum atomic E-state index is -1.18. The van der Waals surface area contributed by atoms with Crippen LogP contribution >= 0.6 is 0 Å². The van der Waals surface area contributed by atoms with Crippen LogP contribution in [-0.4, -0.2) is 5.03 Å². The first-order chi connectivity index (χ1) is 2.27. The Hall–Kier alpha value is 1.16. The van der Waals surface area contributed by atoms with Crippen LogP contribution in [0.25, 0.3) is 0 Å². The first-order valence-corrected chi connectivity index (χ1v) is 0.793. The first kappa shape index (κ1) is 15.7. The van der Waals surface area contributed by atoms with Gasteiger partial charge < -0.3 is 5.21 Å². The van der Waals surface area contributed by atoms with Gasteiger partial charge in [0.1, 0.15) is 5.03 Å². The molecular formula is HN2Na2O3+. The number of nitrogens with one attached hydrogen (secondary N) is 1. The van der Waals surface area contributed by atoms with Gasteiger partial charge in [-0.1, -0.05) is 0 Å². The molecule has 0 unspecified atom stereocenters. The molecule has 0 aliphatic rings. The number of rotatable bonds is 1. The average Bonchev–Trinajstić information content (AvgIpc) is 1.38. The molecule has 0 rings (SSSR count). The van der Waals surface area contributed by atoms with Crippen LogP contribution in [0.5, 0.6) is 0 Å². The molecule has 0 aromatic carbocycles. The molecule has 0 aromatic heterocycles. The molecule has 0 radical (unpaired) electrons. The number of nitrogens with zero attached hydrogens (tertiary/aromatic N) is 1. The van der Waals surface area contributed by atoms with Crippen molar-refractivity contribution >= 4 is 0 Å². The quantitative estimate of drug-likeness (QED) is 0.213. The molecule has 1 N–H and O–H groups in total. The molecule has 0 atom stereocenters. The summed E-state index contributed by atoms with van der Waals surface area (Å²) in [6.45, 7) is 0. The van der Waals surface area contributed by atoms with Gasteiger partial charge in [0, 0.05) is 0 Å². The van der Waals surface area contributed by atoms with E-state index in [0.29, 0.717) is 5.59 Å². The molecule has 7 heavy (non-hydrogen) atoms. The van der Waals surface area contributed by atoms with Crippen LogP contribution in [0, 0.1) is 15.3 Å². The molecule has 0 amide bonds. The Balaban J connectivity index is -0.0000000800. The summed E-state index contributed by atoms with van der Waals surface area (Å²) < 4.78 is 0. The molecule has 0 aromatic rings. The minimum absolute atomic E-state index is 0. The predicted molar refractivity (Wildman–Crippen MR) is 13.5 cm³/mol. The molecule has 0 bridgehead atoms. The third-order valence-electron chi connectivity index (χ3n) is 0.0745.